The predicted molar refractivity (Wildman–Crippen MR) is 76.3 cm³/mol. The Kier molecular flexibility index (Phi) is 3.58. The van der Waals surface area contributed by atoms with E-state index in [2.05, 4.69) is 0 Å². The van der Waals surface area contributed by atoms with Gasteiger partial charge in [0.05, 0.1) is 13.2 Å². The van der Waals surface area contributed by atoms with E-state index >= 15 is 0 Å². The zero-order valence-corrected chi connectivity index (χ0v) is 11.0. The average Bonchev–Trinajstić information content (AvgIpc) is 2.49. The SMILES string of the molecule is Nc1ccc(C2COC(c3ccc(O)cc3)OC2)cc1. The lowest BCUT2D eigenvalue weighted by molar-refractivity contribution is -0.191. The van der Waals surface area contributed by atoms with Crippen molar-refractivity contribution in [3.63, 3.8) is 0 Å². The lowest BCUT2D eigenvalue weighted by Gasteiger charge is -2.30. The minimum absolute atomic E-state index is 0.226. The first-order valence-electron chi connectivity index (χ1n) is 6.60. The van der Waals surface area contributed by atoms with Crippen LogP contribution in [0.3, 0.4) is 0 Å². The van der Waals surface area contributed by atoms with Gasteiger partial charge in [0.1, 0.15) is 5.75 Å². The van der Waals surface area contributed by atoms with Gasteiger partial charge in [-0.25, -0.2) is 0 Å². The van der Waals surface area contributed by atoms with E-state index in [0.717, 1.165) is 11.3 Å². The Balaban J connectivity index is 1.64. The van der Waals surface area contributed by atoms with Crippen LogP contribution in [0, 0.1) is 0 Å². The van der Waals surface area contributed by atoms with Crippen molar-refractivity contribution in [3.05, 3.63) is 59.7 Å². The molecule has 0 atom stereocenters. The Hall–Kier alpha value is -2.04. The maximum atomic E-state index is 9.28. The van der Waals surface area contributed by atoms with Crippen LogP contribution in [0.1, 0.15) is 23.3 Å². The van der Waals surface area contributed by atoms with Gasteiger partial charge in [0.2, 0.25) is 0 Å². The van der Waals surface area contributed by atoms with Gasteiger partial charge in [0, 0.05) is 17.2 Å². The number of phenols is 1. The van der Waals surface area contributed by atoms with Gasteiger partial charge in [-0.1, -0.05) is 24.3 Å². The number of hydrogen-bond donors (Lipinski definition) is 2. The Bertz CT molecular complexity index is 504. The van der Waals surface area contributed by atoms with Crippen molar-refractivity contribution in [2.75, 3.05) is 18.9 Å². The molecule has 20 heavy (non-hydrogen) atoms. The van der Waals surface area contributed by atoms with E-state index in [-0.39, 0.29) is 18.0 Å². The molecule has 104 valence electrons. The van der Waals surface area contributed by atoms with E-state index in [1.54, 1.807) is 12.1 Å². The van der Waals surface area contributed by atoms with Crippen LogP contribution in [0.2, 0.25) is 0 Å². The fourth-order valence-electron chi connectivity index (χ4n) is 2.29. The smallest absolute Gasteiger partial charge is 0.183 e. The normalized spacial score (nSPS) is 22.6. The number of rotatable bonds is 2. The van der Waals surface area contributed by atoms with Gasteiger partial charge in [0.15, 0.2) is 6.29 Å². The summed E-state index contributed by atoms with van der Waals surface area (Å²) in [5.74, 6) is 0.466. The molecule has 0 aliphatic carbocycles. The van der Waals surface area contributed by atoms with E-state index in [1.165, 1.54) is 5.56 Å². The van der Waals surface area contributed by atoms with Crippen LogP contribution >= 0.6 is 0 Å². The van der Waals surface area contributed by atoms with Crippen molar-refractivity contribution in [2.24, 2.45) is 0 Å². The fraction of sp³-hybridized carbons (Fsp3) is 0.250. The van der Waals surface area contributed by atoms with Crippen LogP contribution < -0.4 is 5.73 Å². The van der Waals surface area contributed by atoms with E-state index in [4.69, 9.17) is 15.2 Å². The first-order chi connectivity index (χ1) is 9.72. The zero-order chi connectivity index (χ0) is 13.9. The topological polar surface area (TPSA) is 64.7 Å². The van der Waals surface area contributed by atoms with Crippen LogP contribution in [0.15, 0.2) is 48.5 Å². The highest BCUT2D eigenvalue weighted by Crippen LogP contribution is 2.30. The van der Waals surface area contributed by atoms with E-state index in [0.29, 0.717) is 13.2 Å². The molecule has 4 heteroatoms. The third-order valence-electron chi connectivity index (χ3n) is 3.47. The number of benzene rings is 2. The highest BCUT2D eigenvalue weighted by Gasteiger charge is 2.24. The number of anilines is 1. The summed E-state index contributed by atoms with van der Waals surface area (Å²) < 4.78 is 11.5. The first kappa shape index (κ1) is 13.0. The van der Waals surface area contributed by atoms with Crippen LogP contribution in [-0.4, -0.2) is 18.3 Å². The van der Waals surface area contributed by atoms with Crippen molar-refractivity contribution in [1.29, 1.82) is 0 Å². The first-order valence-corrected chi connectivity index (χ1v) is 6.60. The molecular weight excluding hydrogens is 254 g/mol. The highest BCUT2D eigenvalue weighted by atomic mass is 16.7. The molecular formula is C16H17NO3. The quantitative estimate of drug-likeness (QED) is 0.824. The summed E-state index contributed by atoms with van der Waals surface area (Å²) in [5.41, 5.74) is 8.53. The maximum Gasteiger partial charge on any atom is 0.183 e. The Labute approximate surface area is 117 Å². The number of hydrogen-bond acceptors (Lipinski definition) is 4. The largest absolute Gasteiger partial charge is 0.508 e. The molecule has 3 rings (SSSR count). The molecule has 4 nitrogen and oxygen atoms in total. The monoisotopic (exact) mass is 271 g/mol. The molecule has 3 N–H and O–H groups in total. The number of aromatic hydroxyl groups is 1. The van der Waals surface area contributed by atoms with Gasteiger partial charge in [-0.05, 0) is 29.8 Å². The molecule has 1 saturated heterocycles. The van der Waals surface area contributed by atoms with Crippen LogP contribution in [0.25, 0.3) is 0 Å². The average molecular weight is 271 g/mol. The maximum absolute atomic E-state index is 9.28. The summed E-state index contributed by atoms with van der Waals surface area (Å²) in [7, 11) is 0. The lowest BCUT2D eigenvalue weighted by atomic mass is 10.00. The van der Waals surface area contributed by atoms with Gasteiger partial charge in [-0.15, -0.1) is 0 Å². The second-order valence-corrected chi connectivity index (χ2v) is 4.95. The summed E-state index contributed by atoms with van der Waals surface area (Å²) >= 11 is 0. The minimum atomic E-state index is -0.361. The zero-order valence-electron chi connectivity index (χ0n) is 11.0. The number of ether oxygens (including phenoxy) is 2. The minimum Gasteiger partial charge on any atom is -0.508 e. The number of nitrogen functional groups attached to an aromatic ring is 1. The van der Waals surface area contributed by atoms with Gasteiger partial charge < -0.3 is 20.3 Å². The summed E-state index contributed by atoms with van der Waals surface area (Å²) in [6.07, 6.45) is -0.361. The molecule has 0 amide bonds. The van der Waals surface area contributed by atoms with E-state index in [9.17, 15) is 5.11 Å². The predicted octanol–water partition coefficient (Wildman–Crippen LogP) is 2.80. The van der Waals surface area contributed by atoms with Gasteiger partial charge >= 0.3 is 0 Å². The molecule has 0 bridgehead atoms. The molecule has 2 aromatic rings. The van der Waals surface area contributed by atoms with Crippen molar-refractivity contribution < 1.29 is 14.6 Å². The molecule has 2 aromatic carbocycles. The molecule has 0 spiro atoms. The second kappa shape index (κ2) is 5.53. The van der Waals surface area contributed by atoms with Crippen LogP contribution in [0.5, 0.6) is 5.75 Å². The molecule has 1 fully saturated rings. The molecule has 0 saturated carbocycles. The molecule has 1 aliphatic heterocycles. The van der Waals surface area contributed by atoms with Crippen molar-refractivity contribution in [1.82, 2.24) is 0 Å². The van der Waals surface area contributed by atoms with Gasteiger partial charge in [-0.2, -0.15) is 0 Å². The second-order valence-electron chi connectivity index (χ2n) is 4.95. The molecule has 0 unspecified atom stereocenters. The molecule has 1 aliphatic rings. The van der Waals surface area contributed by atoms with E-state index in [1.807, 2.05) is 36.4 Å². The Morgan fingerprint density at radius 1 is 0.850 bits per heavy atom. The summed E-state index contributed by atoms with van der Waals surface area (Å²) in [4.78, 5) is 0. The highest BCUT2D eigenvalue weighted by molar-refractivity contribution is 5.40. The summed E-state index contributed by atoms with van der Waals surface area (Å²) in [6.45, 7) is 1.21. The van der Waals surface area contributed by atoms with Gasteiger partial charge in [-0.3, -0.25) is 0 Å². The molecule has 0 radical (unpaired) electrons. The third kappa shape index (κ3) is 2.76. The molecule has 1 heterocycles. The fourth-order valence-corrected chi connectivity index (χ4v) is 2.29. The third-order valence-corrected chi connectivity index (χ3v) is 3.47. The Morgan fingerprint density at radius 3 is 2.00 bits per heavy atom. The van der Waals surface area contributed by atoms with Crippen molar-refractivity contribution in [3.8, 4) is 5.75 Å². The standard InChI is InChI=1S/C16H17NO3/c17-14-5-1-11(2-6-14)13-9-19-16(20-10-13)12-3-7-15(18)8-4-12/h1-8,13,16,18H,9-10,17H2. The molecule has 0 aromatic heterocycles. The van der Waals surface area contributed by atoms with E-state index < -0.39 is 0 Å². The van der Waals surface area contributed by atoms with Crippen molar-refractivity contribution in [2.45, 2.75) is 12.2 Å². The number of nitrogens with two attached hydrogens (primary N) is 1. The van der Waals surface area contributed by atoms with Crippen LogP contribution in [0.4, 0.5) is 5.69 Å². The lowest BCUT2D eigenvalue weighted by Crippen LogP contribution is -2.25. The van der Waals surface area contributed by atoms with Gasteiger partial charge in [0.25, 0.3) is 0 Å². The van der Waals surface area contributed by atoms with Crippen molar-refractivity contribution >= 4 is 5.69 Å². The Morgan fingerprint density at radius 2 is 1.40 bits per heavy atom. The van der Waals surface area contributed by atoms with Crippen LogP contribution in [-0.2, 0) is 9.47 Å². The summed E-state index contributed by atoms with van der Waals surface area (Å²) in [5, 5.41) is 9.28. The number of phenolic OH excluding ortho intramolecular Hbond substituents is 1. The summed E-state index contributed by atoms with van der Waals surface area (Å²) in [6, 6.07) is 14.7.